The van der Waals surface area contributed by atoms with Crippen LogP contribution in [0, 0.1) is 0 Å². The van der Waals surface area contributed by atoms with Gasteiger partial charge in [0.25, 0.3) is 0 Å². The summed E-state index contributed by atoms with van der Waals surface area (Å²) in [6.45, 7) is 2.63. The van der Waals surface area contributed by atoms with Gasteiger partial charge in [0.15, 0.2) is 0 Å². The highest BCUT2D eigenvalue weighted by Gasteiger charge is 2.09. The zero-order valence-corrected chi connectivity index (χ0v) is 10.0. The molecule has 0 amide bonds. The predicted molar refractivity (Wildman–Crippen MR) is 66.3 cm³/mol. The molecular formula is C12H19NOS. The van der Waals surface area contributed by atoms with Gasteiger partial charge in [0.2, 0.25) is 0 Å². The van der Waals surface area contributed by atoms with Crippen molar-refractivity contribution in [3.05, 3.63) is 35.9 Å². The number of nitrogens with two attached hydrogens (primary N) is 1. The fourth-order valence-corrected chi connectivity index (χ4v) is 2.67. The summed E-state index contributed by atoms with van der Waals surface area (Å²) in [5.74, 6) is 0.741. The van der Waals surface area contributed by atoms with Gasteiger partial charge in [-0.2, -0.15) is 0 Å². The first-order chi connectivity index (χ1) is 7.24. The molecule has 0 spiro atoms. The lowest BCUT2D eigenvalue weighted by atomic mass is 10.2. The summed E-state index contributed by atoms with van der Waals surface area (Å²) in [7, 11) is -0.745. The summed E-state index contributed by atoms with van der Waals surface area (Å²) in [5.41, 5.74) is 6.70. The normalized spacial score (nSPS) is 14.8. The van der Waals surface area contributed by atoms with E-state index in [1.54, 1.807) is 0 Å². The van der Waals surface area contributed by atoms with Gasteiger partial charge in [-0.05, 0) is 24.9 Å². The maximum Gasteiger partial charge on any atom is 0.0331 e. The highest BCUT2D eigenvalue weighted by atomic mass is 32.2. The Morgan fingerprint density at radius 3 is 2.60 bits per heavy atom. The molecule has 1 rings (SSSR count). The van der Waals surface area contributed by atoms with Gasteiger partial charge in [-0.25, -0.2) is 0 Å². The van der Waals surface area contributed by atoms with Crippen LogP contribution in [0.15, 0.2) is 30.3 Å². The molecule has 1 aromatic carbocycles. The molecule has 0 heterocycles. The molecule has 2 atom stereocenters. The summed E-state index contributed by atoms with van der Waals surface area (Å²) in [6.07, 6.45) is 1.74. The quantitative estimate of drug-likeness (QED) is 0.801. The van der Waals surface area contributed by atoms with Crippen LogP contribution in [0.25, 0.3) is 0 Å². The molecule has 0 saturated heterocycles. The van der Waals surface area contributed by atoms with Crippen molar-refractivity contribution in [3.8, 4) is 0 Å². The van der Waals surface area contributed by atoms with E-state index in [4.69, 9.17) is 5.73 Å². The van der Waals surface area contributed by atoms with Crippen LogP contribution in [0.1, 0.15) is 18.9 Å². The second-order valence-electron chi connectivity index (χ2n) is 3.71. The van der Waals surface area contributed by atoms with E-state index in [9.17, 15) is 4.21 Å². The third kappa shape index (κ3) is 4.58. The second-order valence-corrected chi connectivity index (χ2v) is 5.68. The van der Waals surface area contributed by atoms with Crippen molar-refractivity contribution in [2.24, 2.45) is 5.73 Å². The van der Waals surface area contributed by atoms with E-state index in [2.05, 4.69) is 12.1 Å². The first-order valence-electron chi connectivity index (χ1n) is 5.35. The van der Waals surface area contributed by atoms with E-state index >= 15 is 0 Å². The Balaban J connectivity index is 2.34. The zero-order chi connectivity index (χ0) is 11.1. The molecule has 0 saturated carbocycles. The first kappa shape index (κ1) is 12.4. The zero-order valence-electron chi connectivity index (χ0n) is 9.19. The van der Waals surface area contributed by atoms with Gasteiger partial charge in [-0.15, -0.1) is 0 Å². The Bertz CT molecular complexity index is 300. The molecule has 2 N–H and O–H groups in total. The molecule has 0 bridgehead atoms. The Kier molecular flexibility index (Phi) is 5.58. The van der Waals surface area contributed by atoms with E-state index in [-0.39, 0.29) is 5.25 Å². The number of aryl methyl sites for hydroxylation is 1. The SMILES string of the molecule is CC(CCN)S(=O)CCc1ccccc1. The van der Waals surface area contributed by atoms with Crippen LogP contribution in [0.5, 0.6) is 0 Å². The first-order valence-corrected chi connectivity index (χ1v) is 6.73. The fraction of sp³-hybridized carbons (Fsp3) is 0.500. The molecule has 1 aromatic rings. The van der Waals surface area contributed by atoms with Gasteiger partial charge < -0.3 is 5.73 Å². The summed E-state index contributed by atoms with van der Waals surface area (Å²) in [5, 5.41) is 0.221. The maximum atomic E-state index is 11.8. The van der Waals surface area contributed by atoms with Crippen LogP contribution in [0.2, 0.25) is 0 Å². The highest BCUT2D eigenvalue weighted by molar-refractivity contribution is 7.85. The van der Waals surface area contributed by atoms with Crippen molar-refractivity contribution < 1.29 is 4.21 Å². The minimum atomic E-state index is -0.745. The molecule has 84 valence electrons. The molecule has 2 nitrogen and oxygen atoms in total. The van der Waals surface area contributed by atoms with Crippen molar-refractivity contribution >= 4 is 10.8 Å². The molecule has 3 heteroatoms. The molecule has 0 aliphatic carbocycles. The third-order valence-corrected chi connectivity index (χ3v) is 4.20. The highest BCUT2D eigenvalue weighted by Crippen LogP contribution is 2.05. The summed E-state index contributed by atoms with van der Waals surface area (Å²) in [4.78, 5) is 0. The minimum Gasteiger partial charge on any atom is -0.330 e. The maximum absolute atomic E-state index is 11.8. The van der Waals surface area contributed by atoms with Crippen molar-refractivity contribution in [1.29, 1.82) is 0 Å². The molecule has 0 aliphatic heterocycles. The van der Waals surface area contributed by atoms with Crippen LogP contribution in [-0.2, 0) is 17.2 Å². The smallest absolute Gasteiger partial charge is 0.0331 e. The molecule has 0 fully saturated rings. The van der Waals surface area contributed by atoms with Gasteiger partial charge in [-0.1, -0.05) is 37.3 Å². The predicted octanol–water partition coefficient (Wildman–Crippen LogP) is 1.72. The standard InChI is InChI=1S/C12H19NOS/c1-11(7-9-13)15(14)10-8-12-5-3-2-4-6-12/h2-6,11H,7-10,13H2,1H3. The molecule has 0 aliphatic rings. The molecule has 15 heavy (non-hydrogen) atoms. The van der Waals surface area contributed by atoms with Crippen molar-refractivity contribution in [1.82, 2.24) is 0 Å². The van der Waals surface area contributed by atoms with E-state index in [1.165, 1.54) is 5.56 Å². The average molecular weight is 225 g/mol. The topological polar surface area (TPSA) is 43.1 Å². The van der Waals surface area contributed by atoms with Crippen LogP contribution in [-0.4, -0.2) is 21.8 Å². The number of benzene rings is 1. The number of rotatable bonds is 6. The lowest BCUT2D eigenvalue weighted by Crippen LogP contribution is -2.19. The summed E-state index contributed by atoms with van der Waals surface area (Å²) >= 11 is 0. The summed E-state index contributed by atoms with van der Waals surface area (Å²) < 4.78 is 11.8. The Hall–Kier alpha value is -0.670. The molecule has 0 radical (unpaired) electrons. The van der Waals surface area contributed by atoms with Crippen molar-refractivity contribution in [2.45, 2.75) is 25.0 Å². The summed E-state index contributed by atoms with van der Waals surface area (Å²) in [6, 6.07) is 10.2. The van der Waals surface area contributed by atoms with E-state index in [0.717, 1.165) is 18.6 Å². The Morgan fingerprint density at radius 1 is 1.33 bits per heavy atom. The van der Waals surface area contributed by atoms with Crippen molar-refractivity contribution in [3.63, 3.8) is 0 Å². The van der Waals surface area contributed by atoms with Gasteiger partial charge in [0, 0.05) is 21.8 Å². The number of hydrogen-bond acceptors (Lipinski definition) is 2. The molecule has 0 aromatic heterocycles. The molecular weight excluding hydrogens is 206 g/mol. The second kappa shape index (κ2) is 6.75. The van der Waals surface area contributed by atoms with Crippen molar-refractivity contribution in [2.75, 3.05) is 12.3 Å². The molecule has 2 unspecified atom stereocenters. The third-order valence-electron chi connectivity index (χ3n) is 2.46. The van der Waals surface area contributed by atoms with Crippen LogP contribution in [0.3, 0.4) is 0 Å². The Labute approximate surface area is 94.3 Å². The van der Waals surface area contributed by atoms with Crippen LogP contribution < -0.4 is 5.73 Å². The van der Waals surface area contributed by atoms with Crippen LogP contribution >= 0.6 is 0 Å². The van der Waals surface area contributed by atoms with Crippen LogP contribution in [0.4, 0.5) is 0 Å². The Morgan fingerprint density at radius 2 is 2.00 bits per heavy atom. The lowest BCUT2D eigenvalue weighted by molar-refractivity contribution is 0.665. The monoisotopic (exact) mass is 225 g/mol. The van der Waals surface area contributed by atoms with E-state index < -0.39 is 10.8 Å². The van der Waals surface area contributed by atoms with Gasteiger partial charge >= 0.3 is 0 Å². The van der Waals surface area contributed by atoms with Gasteiger partial charge in [0.1, 0.15) is 0 Å². The minimum absolute atomic E-state index is 0.221. The fourth-order valence-electron chi connectivity index (χ4n) is 1.43. The van der Waals surface area contributed by atoms with Gasteiger partial charge in [-0.3, -0.25) is 4.21 Å². The van der Waals surface area contributed by atoms with Gasteiger partial charge in [0.05, 0.1) is 0 Å². The average Bonchev–Trinajstić information content (AvgIpc) is 2.27. The number of hydrogen-bond donors (Lipinski definition) is 1. The van der Waals surface area contributed by atoms with E-state index in [0.29, 0.717) is 6.54 Å². The lowest BCUT2D eigenvalue weighted by Gasteiger charge is -2.09. The largest absolute Gasteiger partial charge is 0.330 e. The van der Waals surface area contributed by atoms with E-state index in [1.807, 2.05) is 25.1 Å².